The maximum Gasteiger partial charge on any atom is 0.339 e. The molecule has 0 bridgehead atoms. The molecule has 5 heteroatoms. The van der Waals surface area contributed by atoms with E-state index in [0.717, 1.165) is 0 Å². The molecule has 0 saturated carbocycles. The van der Waals surface area contributed by atoms with Gasteiger partial charge in [0.2, 0.25) is 0 Å². The fourth-order valence-corrected chi connectivity index (χ4v) is 1.25. The Hall–Kier alpha value is -2.04. The lowest BCUT2D eigenvalue weighted by Crippen LogP contribution is -2.04. The normalized spacial score (nSPS) is 9.47. The van der Waals surface area contributed by atoms with Crippen LogP contribution < -0.4 is 9.47 Å². The van der Waals surface area contributed by atoms with Crippen LogP contribution in [-0.2, 0) is 0 Å². The fraction of sp³-hybridized carbons (Fsp3) is 0.200. The molecule has 5 nitrogen and oxygen atoms in total. The topological polar surface area (TPSA) is 72.8 Å². The fourth-order valence-electron chi connectivity index (χ4n) is 1.25. The summed E-state index contributed by atoms with van der Waals surface area (Å²) in [5.74, 6) is -0.954. The number of hydrogen-bond donors (Lipinski definition) is 1. The summed E-state index contributed by atoms with van der Waals surface area (Å²) in [5, 5.41) is 8.86. The number of carbonyl (C=O) groups is 2. The van der Waals surface area contributed by atoms with E-state index < -0.39 is 5.97 Å². The molecule has 0 atom stereocenters. The van der Waals surface area contributed by atoms with Gasteiger partial charge in [-0.3, -0.25) is 4.79 Å². The molecule has 1 rings (SSSR count). The summed E-state index contributed by atoms with van der Waals surface area (Å²) in [7, 11) is 2.66. The third-order valence-electron chi connectivity index (χ3n) is 1.91. The van der Waals surface area contributed by atoms with Crippen LogP contribution in [0.4, 0.5) is 0 Å². The van der Waals surface area contributed by atoms with Crippen LogP contribution in [0.3, 0.4) is 0 Å². The van der Waals surface area contributed by atoms with Crippen molar-refractivity contribution < 1.29 is 24.2 Å². The molecule has 0 unspecified atom stereocenters. The summed E-state index contributed by atoms with van der Waals surface area (Å²) in [6.45, 7) is 0. The summed E-state index contributed by atoms with van der Waals surface area (Å²) in [4.78, 5) is 21.5. The number of carboxylic acid groups (broad SMARTS) is 1. The molecule has 1 aromatic carbocycles. The molecule has 0 amide bonds. The number of hydrogen-bond acceptors (Lipinski definition) is 4. The van der Waals surface area contributed by atoms with Gasteiger partial charge in [-0.25, -0.2) is 4.79 Å². The van der Waals surface area contributed by atoms with Crippen LogP contribution >= 0.6 is 0 Å². The molecular weight excluding hydrogens is 200 g/mol. The van der Waals surface area contributed by atoms with E-state index in [0.29, 0.717) is 6.29 Å². The zero-order valence-corrected chi connectivity index (χ0v) is 8.31. The average molecular weight is 210 g/mol. The van der Waals surface area contributed by atoms with Crippen molar-refractivity contribution in [1.82, 2.24) is 0 Å². The van der Waals surface area contributed by atoms with Gasteiger partial charge in [0.25, 0.3) is 0 Å². The predicted molar refractivity (Wildman–Crippen MR) is 51.9 cm³/mol. The lowest BCUT2D eigenvalue weighted by atomic mass is 10.1. The smallest absolute Gasteiger partial charge is 0.339 e. The first kappa shape index (κ1) is 11.0. The number of rotatable bonds is 4. The van der Waals surface area contributed by atoms with Crippen LogP contribution in [0.2, 0.25) is 0 Å². The van der Waals surface area contributed by atoms with Crippen molar-refractivity contribution in [2.24, 2.45) is 0 Å². The minimum Gasteiger partial charge on any atom is -0.492 e. The Morgan fingerprint density at radius 3 is 2.27 bits per heavy atom. The van der Waals surface area contributed by atoms with Crippen molar-refractivity contribution in [2.45, 2.75) is 0 Å². The Morgan fingerprint density at radius 2 is 1.87 bits per heavy atom. The van der Waals surface area contributed by atoms with Crippen LogP contribution in [0.25, 0.3) is 0 Å². The Bertz CT molecular complexity index is 397. The third-order valence-corrected chi connectivity index (χ3v) is 1.91. The molecular formula is C10H10O5. The van der Waals surface area contributed by atoms with Gasteiger partial charge in [0.05, 0.1) is 19.8 Å². The number of aromatic carboxylic acids is 1. The standard InChI is InChI=1S/C10H10O5/c1-14-8-6(5-11)3-4-7(10(12)13)9(8)15-2/h3-5H,1-2H3,(H,12,13). The number of methoxy groups -OCH3 is 2. The first-order chi connectivity index (χ1) is 7.15. The Morgan fingerprint density at radius 1 is 1.27 bits per heavy atom. The SMILES string of the molecule is COc1c(C=O)ccc(C(=O)O)c1OC. The summed E-state index contributed by atoms with van der Waals surface area (Å²) in [6.07, 6.45) is 0.576. The summed E-state index contributed by atoms with van der Waals surface area (Å²) in [6, 6.07) is 2.67. The number of aldehydes is 1. The molecule has 0 aliphatic heterocycles. The van der Waals surface area contributed by atoms with Crippen molar-refractivity contribution >= 4 is 12.3 Å². The first-order valence-electron chi connectivity index (χ1n) is 4.09. The quantitative estimate of drug-likeness (QED) is 0.756. The maximum atomic E-state index is 10.8. The van der Waals surface area contributed by atoms with Gasteiger partial charge in [0.1, 0.15) is 5.56 Å². The molecule has 1 aromatic rings. The molecule has 80 valence electrons. The highest BCUT2D eigenvalue weighted by Gasteiger charge is 2.18. The second-order valence-corrected chi connectivity index (χ2v) is 2.69. The van der Waals surface area contributed by atoms with Gasteiger partial charge in [-0.2, -0.15) is 0 Å². The van der Waals surface area contributed by atoms with Crippen molar-refractivity contribution in [1.29, 1.82) is 0 Å². The first-order valence-corrected chi connectivity index (χ1v) is 4.09. The minimum absolute atomic E-state index is 0.0417. The lowest BCUT2D eigenvalue weighted by Gasteiger charge is -2.11. The van der Waals surface area contributed by atoms with Gasteiger partial charge in [0, 0.05) is 0 Å². The lowest BCUT2D eigenvalue weighted by molar-refractivity contribution is 0.0692. The van der Waals surface area contributed by atoms with Crippen LogP contribution in [0.5, 0.6) is 11.5 Å². The summed E-state index contributed by atoms with van der Waals surface area (Å²) < 4.78 is 9.84. The Balaban J connectivity index is 3.47. The molecule has 0 aliphatic carbocycles. The number of benzene rings is 1. The zero-order chi connectivity index (χ0) is 11.4. The number of carbonyl (C=O) groups excluding carboxylic acids is 1. The molecule has 0 spiro atoms. The zero-order valence-electron chi connectivity index (χ0n) is 8.31. The minimum atomic E-state index is -1.14. The monoisotopic (exact) mass is 210 g/mol. The summed E-state index contributed by atoms with van der Waals surface area (Å²) in [5.41, 5.74) is 0.208. The molecule has 0 aliphatic rings. The van der Waals surface area contributed by atoms with Gasteiger partial charge in [-0.15, -0.1) is 0 Å². The van der Waals surface area contributed by atoms with E-state index in [2.05, 4.69) is 0 Å². The molecule has 0 heterocycles. The molecule has 0 fully saturated rings. The molecule has 1 N–H and O–H groups in total. The predicted octanol–water partition coefficient (Wildman–Crippen LogP) is 1.21. The second-order valence-electron chi connectivity index (χ2n) is 2.69. The maximum absolute atomic E-state index is 10.8. The third kappa shape index (κ3) is 1.90. The van der Waals surface area contributed by atoms with E-state index in [1.165, 1.54) is 26.4 Å². The van der Waals surface area contributed by atoms with Crippen LogP contribution in [0, 0.1) is 0 Å². The molecule has 0 aromatic heterocycles. The average Bonchev–Trinajstić information content (AvgIpc) is 2.26. The molecule has 0 radical (unpaired) electrons. The largest absolute Gasteiger partial charge is 0.492 e. The van der Waals surface area contributed by atoms with Gasteiger partial charge >= 0.3 is 5.97 Å². The van der Waals surface area contributed by atoms with E-state index >= 15 is 0 Å². The highest BCUT2D eigenvalue weighted by molar-refractivity contribution is 5.94. The van der Waals surface area contributed by atoms with Gasteiger partial charge in [0.15, 0.2) is 17.8 Å². The summed E-state index contributed by atoms with van der Waals surface area (Å²) >= 11 is 0. The van der Waals surface area contributed by atoms with E-state index in [1.807, 2.05) is 0 Å². The highest BCUT2D eigenvalue weighted by atomic mass is 16.5. The van der Waals surface area contributed by atoms with E-state index in [1.54, 1.807) is 0 Å². The van der Waals surface area contributed by atoms with Crippen molar-refractivity contribution in [3.05, 3.63) is 23.3 Å². The number of ether oxygens (including phenoxy) is 2. The Kier molecular flexibility index (Phi) is 3.28. The van der Waals surface area contributed by atoms with E-state index in [-0.39, 0.29) is 22.6 Å². The van der Waals surface area contributed by atoms with Crippen LogP contribution in [-0.4, -0.2) is 31.6 Å². The van der Waals surface area contributed by atoms with Crippen molar-refractivity contribution in [3.63, 3.8) is 0 Å². The highest BCUT2D eigenvalue weighted by Crippen LogP contribution is 2.33. The van der Waals surface area contributed by atoms with Crippen LogP contribution in [0.1, 0.15) is 20.7 Å². The van der Waals surface area contributed by atoms with E-state index in [4.69, 9.17) is 14.6 Å². The van der Waals surface area contributed by atoms with Crippen molar-refractivity contribution in [3.8, 4) is 11.5 Å². The van der Waals surface area contributed by atoms with Crippen LogP contribution in [0.15, 0.2) is 12.1 Å². The van der Waals surface area contributed by atoms with Gasteiger partial charge in [-0.05, 0) is 12.1 Å². The van der Waals surface area contributed by atoms with E-state index in [9.17, 15) is 9.59 Å². The molecule has 0 saturated heterocycles. The van der Waals surface area contributed by atoms with Gasteiger partial charge < -0.3 is 14.6 Å². The Labute approximate surface area is 86.2 Å². The second kappa shape index (κ2) is 4.45. The number of carboxylic acids is 1. The van der Waals surface area contributed by atoms with Crippen molar-refractivity contribution in [2.75, 3.05) is 14.2 Å². The molecule has 15 heavy (non-hydrogen) atoms. The van der Waals surface area contributed by atoms with Gasteiger partial charge in [-0.1, -0.05) is 0 Å².